The molecular formula is C13H21NO4. The van der Waals surface area contributed by atoms with Crippen LogP contribution in [-0.4, -0.2) is 47.2 Å². The highest BCUT2D eigenvalue weighted by atomic mass is 16.8. The van der Waals surface area contributed by atoms with E-state index >= 15 is 0 Å². The van der Waals surface area contributed by atoms with Crippen molar-refractivity contribution in [3.63, 3.8) is 0 Å². The topological polar surface area (TPSA) is 55.8 Å². The van der Waals surface area contributed by atoms with Gasteiger partial charge in [-0.1, -0.05) is 13.8 Å². The molecule has 0 radical (unpaired) electrons. The van der Waals surface area contributed by atoms with Gasteiger partial charge in [0.1, 0.15) is 18.2 Å². The second-order valence-electron chi connectivity index (χ2n) is 5.08. The Kier molecular flexibility index (Phi) is 3.47. The number of likely N-dealkylation sites (tertiary alicyclic amines) is 1. The Labute approximate surface area is 107 Å². The van der Waals surface area contributed by atoms with Gasteiger partial charge in [-0.3, -0.25) is 9.59 Å². The lowest BCUT2D eigenvalue weighted by atomic mass is 10.1. The highest BCUT2D eigenvalue weighted by Crippen LogP contribution is 2.40. The predicted molar refractivity (Wildman–Crippen MR) is 64.9 cm³/mol. The average Bonchev–Trinajstić information content (AvgIpc) is 2.82. The van der Waals surface area contributed by atoms with Crippen molar-refractivity contribution in [1.29, 1.82) is 0 Å². The summed E-state index contributed by atoms with van der Waals surface area (Å²) in [5.74, 6) is -0.717. The maximum atomic E-state index is 11.8. The number of ketones is 1. The third-order valence-corrected chi connectivity index (χ3v) is 4.01. The average molecular weight is 255 g/mol. The fourth-order valence-corrected chi connectivity index (χ4v) is 2.95. The zero-order valence-electron chi connectivity index (χ0n) is 11.4. The summed E-state index contributed by atoms with van der Waals surface area (Å²) in [6, 6.07) is -0.493. The normalized spacial score (nSPS) is 33.6. The summed E-state index contributed by atoms with van der Waals surface area (Å²) in [7, 11) is 0. The van der Waals surface area contributed by atoms with E-state index in [0.717, 1.165) is 12.8 Å². The molecule has 2 fully saturated rings. The van der Waals surface area contributed by atoms with Crippen LogP contribution in [0.4, 0.5) is 0 Å². The number of hydrogen-bond donors (Lipinski definition) is 0. The maximum absolute atomic E-state index is 11.8. The van der Waals surface area contributed by atoms with Gasteiger partial charge in [-0.25, -0.2) is 0 Å². The van der Waals surface area contributed by atoms with Crippen LogP contribution in [-0.2, 0) is 19.1 Å². The SMILES string of the molecule is CCC1(CC)O[C@H]2[C@H](CN(C(C)=O)[C@@H]2C(C)=O)O1. The van der Waals surface area contributed by atoms with Crippen LogP contribution in [0.3, 0.4) is 0 Å². The van der Waals surface area contributed by atoms with Gasteiger partial charge in [-0.15, -0.1) is 0 Å². The molecule has 18 heavy (non-hydrogen) atoms. The highest BCUT2D eigenvalue weighted by Gasteiger charge is 2.56. The lowest BCUT2D eigenvalue weighted by Gasteiger charge is -2.30. The summed E-state index contributed by atoms with van der Waals surface area (Å²) in [5.41, 5.74) is 0. The van der Waals surface area contributed by atoms with E-state index in [1.165, 1.54) is 13.8 Å². The zero-order chi connectivity index (χ0) is 13.5. The van der Waals surface area contributed by atoms with Gasteiger partial charge in [0, 0.05) is 6.92 Å². The molecule has 2 aliphatic heterocycles. The lowest BCUT2D eigenvalue weighted by molar-refractivity contribution is -0.193. The molecule has 0 aliphatic carbocycles. The molecule has 1 amide bonds. The van der Waals surface area contributed by atoms with E-state index in [4.69, 9.17) is 9.47 Å². The molecule has 5 heteroatoms. The van der Waals surface area contributed by atoms with Gasteiger partial charge in [-0.05, 0) is 19.8 Å². The van der Waals surface area contributed by atoms with Crippen molar-refractivity contribution >= 4 is 11.7 Å². The Balaban J connectivity index is 2.22. The number of hydrogen-bond acceptors (Lipinski definition) is 4. The number of carbonyl (C=O) groups excluding carboxylic acids is 2. The molecule has 2 heterocycles. The van der Waals surface area contributed by atoms with Crippen LogP contribution < -0.4 is 0 Å². The minimum absolute atomic E-state index is 0.0377. The molecule has 0 saturated carbocycles. The monoisotopic (exact) mass is 255 g/mol. The summed E-state index contributed by atoms with van der Waals surface area (Å²) in [4.78, 5) is 24.9. The Morgan fingerprint density at radius 2 is 1.83 bits per heavy atom. The zero-order valence-corrected chi connectivity index (χ0v) is 11.4. The van der Waals surface area contributed by atoms with E-state index in [-0.39, 0.29) is 23.9 Å². The summed E-state index contributed by atoms with van der Waals surface area (Å²) in [6.45, 7) is 7.45. The van der Waals surface area contributed by atoms with Crippen molar-refractivity contribution in [3.8, 4) is 0 Å². The Morgan fingerprint density at radius 3 is 2.28 bits per heavy atom. The first-order valence-electron chi connectivity index (χ1n) is 6.57. The lowest BCUT2D eigenvalue weighted by Crippen LogP contribution is -2.45. The van der Waals surface area contributed by atoms with Crippen LogP contribution in [0.1, 0.15) is 40.5 Å². The van der Waals surface area contributed by atoms with Gasteiger partial charge in [0.05, 0.1) is 6.54 Å². The van der Waals surface area contributed by atoms with E-state index in [9.17, 15) is 9.59 Å². The Morgan fingerprint density at radius 1 is 1.22 bits per heavy atom. The molecule has 2 rings (SSSR count). The van der Waals surface area contributed by atoms with Crippen LogP contribution in [0.25, 0.3) is 0 Å². The van der Waals surface area contributed by atoms with Gasteiger partial charge in [-0.2, -0.15) is 0 Å². The molecule has 0 N–H and O–H groups in total. The van der Waals surface area contributed by atoms with Crippen LogP contribution in [0.5, 0.6) is 0 Å². The van der Waals surface area contributed by atoms with Crippen molar-refractivity contribution in [2.75, 3.05) is 6.54 Å². The standard InChI is InChI=1S/C13H21NO4/c1-5-13(6-2)17-10-7-14(9(4)16)11(8(3)15)12(10)18-13/h10-12H,5-7H2,1-4H3/t10-,11+,12-/m0/s1. The third-order valence-electron chi connectivity index (χ3n) is 4.01. The van der Waals surface area contributed by atoms with E-state index in [2.05, 4.69) is 0 Å². The first-order chi connectivity index (χ1) is 8.44. The maximum Gasteiger partial charge on any atom is 0.220 e. The molecule has 2 aliphatic rings. The van der Waals surface area contributed by atoms with Crippen molar-refractivity contribution in [2.45, 2.75) is 64.6 Å². The third kappa shape index (κ3) is 1.95. The van der Waals surface area contributed by atoms with Crippen LogP contribution in [0.2, 0.25) is 0 Å². The van der Waals surface area contributed by atoms with Crippen LogP contribution >= 0.6 is 0 Å². The first-order valence-corrected chi connectivity index (χ1v) is 6.57. The van der Waals surface area contributed by atoms with E-state index in [1.807, 2.05) is 13.8 Å². The fraction of sp³-hybridized carbons (Fsp3) is 0.846. The number of amides is 1. The van der Waals surface area contributed by atoms with E-state index in [1.54, 1.807) is 4.90 Å². The second kappa shape index (κ2) is 4.63. The smallest absolute Gasteiger partial charge is 0.220 e. The molecule has 2 saturated heterocycles. The second-order valence-corrected chi connectivity index (χ2v) is 5.08. The summed E-state index contributed by atoms with van der Waals surface area (Å²) in [6.07, 6.45) is 1.01. The molecule has 5 nitrogen and oxygen atoms in total. The molecule has 0 aromatic rings. The van der Waals surface area contributed by atoms with Crippen molar-refractivity contribution < 1.29 is 19.1 Å². The number of rotatable bonds is 3. The first kappa shape index (κ1) is 13.5. The van der Waals surface area contributed by atoms with Gasteiger partial charge in [0.15, 0.2) is 11.6 Å². The summed E-state index contributed by atoms with van der Waals surface area (Å²) < 4.78 is 12.0. The molecule has 0 unspecified atom stereocenters. The van der Waals surface area contributed by atoms with Crippen LogP contribution in [0, 0.1) is 0 Å². The van der Waals surface area contributed by atoms with E-state index < -0.39 is 11.8 Å². The highest BCUT2D eigenvalue weighted by molar-refractivity contribution is 5.88. The fourth-order valence-electron chi connectivity index (χ4n) is 2.95. The molecule has 0 bridgehead atoms. The number of fused-ring (bicyclic) bond motifs is 1. The number of ether oxygens (including phenoxy) is 2. The number of Topliss-reactive ketones (excluding diaryl/α,β-unsaturated/α-hetero) is 1. The van der Waals surface area contributed by atoms with Crippen molar-refractivity contribution in [3.05, 3.63) is 0 Å². The summed E-state index contributed by atoms with van der Waals surface area (Å²) in [5, 5.41) is 0. The molecule has 0 spiro atoms. The predicted octanol–water partition coefficient (Wildman–Crippen LogP) is 1.11. The van der Waals surface area contributed by atoms with Crippen LogP contribution in [0.15, 0.2) is 0 Å². The van der Waals surface area contributed by atoms with Gasteiger partial charge >= 0.3 is 0 Å². The van der Waals surface area contributed by atoms with Crippen molar-refractivity contribution in [1.82, 2.24) is 4.90 Å². The quantitative estimate of drug-likeness (QED) is 0.758. The Bertz CT molecular complexity index is 364. The van der Waals surface area contributed by atoms with E-state index in [0.29, 0.717) is 6.54 Å². The molecule has 3 atom stereocenters. The molecule has 0 aromatic heterocycles. The van der Waals surface area contributed by atoms with Crippen molar-refractivity contribution in [2.24, 2.45) is 0 Å². The minimum atomic E-state index is -0.577. The Hall–Kier alpha value is -0.940. The number of carbonyl (C=O) groups is 2. The molecule has 102 valence electrons. The number of nitrogens with zero attached hydrogens (tertiary/aromatic N) is 1. The summed E-state index contributed by atoms with van der Waals surface area (Å²) >= 11 is 0. The van der Waals surface area contributed by atoms with Gasteiger partial charge in [0.2, 0.25) is 5.91 Å². The largest absolute Gasteiger partial charge is 0.342 e. The van der Waals surface area contributed by atoms with Gasteiger partial charge in [0.25, 0.3) is 0 Å². The van der Waals surface area contributed by atoms with Gasteiger partial charge < -0.3 is 14.4 Å². The minimum Gasteiger partial charge on any atom is -0.342 e. The molecular weight excluding hydrogens is 234 g/mol. The molecule has 0 aromatic carbocycles.